The molecule has 0 radical (unpaired) electrons. The number of unbranched alkanes of at least 4 members (excludes halogenated alkanes) is 1. The number of ether oxygens (including phenoxy) is 1. The van der Waals surface area contributed by atoms with E-state index in [2.05, 4.69) is 6.92 Å². The van der Waals surface area contributed by atoms with Gasteiger partial charge in [-0.2, -0.15) is 0 Å². The highest BCUT2D eigenvalue weighted by atomic mass is 16.5. The van der Waals surface area contributed by atoms with E-state index in [1.165, 1.54) is 0 Å². The van der Waals surface area contributed by atoms with Gasteiger partial charge >= 0.3 is 0 Å². The first-order valence-corrected chi connectivity index (χ1v) is 4.50. The van der Waals surface area contributed by atoms with Crippen molar-refractivity contribution in [2.75, 3.05) is 0 Å². The number of hydrogen-bond acceptors (Lipinski definition) is 2. The van der Waals surface area contributed by atoms with Gasteiger partial charge in [0.25, 0.3) is 0 Å². The molecule has 0 saturated heterocycles. The number of carbonyl (C=O) groups excluding carboxylic acids is 1. The lowest BCUT2D eigenvalue weighted by Gasteiger charge is -2.22. The molecule has 68 valence electrons. The van der Waals surface area contributed by atoms with Crippen LogP contribution < -0.4 is 0 Å². The molecule has 0 spiro atoms. The maximum atomic E-state index is 11.4. The van der Waals surface area contributed by atoms with E-state index in [9.17, 15) is 4.79 Å². The van der Waals surface area contributed by atoms with Gasteiger partial charge in [0, 0.05) is 6.08 Å². The Morgan fingerprint density at radius 3 is 2.67 bits per heavy atom. The van der Waals surface area contributed by atoms with Gasteiger partial charge in [0.2, 0.25) is 5.78 Å². The third kappa shape index (κ3) is 1.68. The highest BCUT2D eigenvalue weighted by molar-refractivity contribution is 5.98. The highest BCUT2D eigenvalue weighted by Gasteiger charge is 2.37. The number of hydrogen-bond donors (Lipinski definition) is 0. The molecule has 2 nitrogen and oxygen atoms in total. The molecule has 1 rings (SSSR count). The summed E-state index contributed by atoms with van der Waals surface area (Å²) in [5, 5.41) is 0. The Hall–Kier alpha value is -0.790. The van der Waals surface area contributed by atoms with Crippen LogP contribution >= 0.6 is 0 Å². The predicted molar refractivity (Wildman–Crippen MR) is 47.8 cm³/mol. The molecule has 1 unspecified atom stereocenters. The number of carbonyl (C=O) groups is 1. The van der Waals surface area contributed by atoms with Gasteiger partial charge in [-0.3, -0.25) is 4.79 Å². The fraction of sp³-hybridized carbons (Fsp3) is 0.700. The van der Waals surface area contributed by atoms with E-state index < -0.39 is 5.60 Å². The minimum atomic E-state index is -0.555. The SMILES string of the molecule is CCCCC1(C)OC(C)=CC1=O. The minimum absolute atomic E-state index is 0.119. The third-order valence-electron chi connectivity index (χ3n) is 2.25. The van der Waals surface area contributed by atoms with Crippen LogP contribution in [0.25, 0.3) is 0 Å². The third-order valence-corrected chi connectivity index (χ3v) is 2.25. The maximum Gasteiger partial charge on any atom is 0.202 e. The Morgan fingerprint density at radius 1 is 1.58 bits per heavy atom. The van der Waals surface area contributed by atoms with Gasteiger partial charge in [-0.25, -0.2) is 0 Å². The van der Waals surface area contributed by atoms with E-state index in [0.717, 1.165) is 25.0 Å². The second-order valence-electron chi connectivity index (χ2n) is 3.56. The summed E-state index contributed by atoms with van der Waals surface area (Å²) >= 11 is 0. The summed E-state index contributed by atoms with van der Waals surface area (Å²) in [5.41, 5.74) is -0.555. The molecular weight excluding hydrogens is 152 g/mol. The zero-order valence-electron chi connectivity index (χ0n) is 8.02. The Morgan fingerprint density at radius 2 is 2.25 bits per heavy atom. The largest absolute Gasteiger partial charge is 0.484 e. The normalized spacial score (nSPS) is 28.6. The van der Waals surface area contributed by atoms with Crippen LogP contribution in [0.1, 0.15) is 40.0 Å². The first-order valence-electron chi connectivity index (χ1n) is 4.50. The monoisotopic (exact) mass is 168 g/mol. The fourth-order valence-electron chi connectivity index (χ4n) is 1.46. The Kier molecular flexibility index (Phi) is 2.55. The second kappa shape index (κ2) is 3.30. The van der Waals surface area contributed by atoms with Crippen molar-refractivity contribution in [2.45, 2.75) is 45.6 Å². The van der Waals surface area contributed by atoms with Gasteiger partial charge in [-0.1, -0.05) is 13.3 Å². The molecule has 2 heteroatoms. The van der Waals surface area contributed by atoms with Crippen molar-refractivity contribution in [3.63, 3.8) is 0 Å². The van der Waals surface area contributed by atoms with E-state index >= 15 is 0 Å². The predicted octanol–water partition coefficient (Wildman–Crippen LogP) is 2.44. The molecular formula is C10H16O2. The van der Waals surface area contributed by atoms with E-state index in [1.807, 2.05) is 13.8 Å². The summed E-state index contributed by atoms with van der Waals surface area (Å²) in [7, 11) is 0. The molecule has 12 heavy (non-hydrogen) atoms. The standard InChI is InChI=1S/C10H16O2/c1-4-5-6-10(3)9(11)7-8(2)12-10/h7H,4-6H2,1-3H3. The van der Waals surface area contributed by atoms with Crippen molar-refractivity contribution >= 4 is 5.78 Å². The smallest absolute Gasteiger partial charge is 0.202 e. The molecule has 1 aliphatic heterocycles. The van der Waals surface area contributed by atoms with Crippen LogP contribution in [0.4, 0.5) is 0 Å². The van der Waals surface area contributed by atoms with E-state index in [1.54, 1.807) is 6.08 Å². The summed E-state index contributed by atoms with van der Waals surface area (Å²) in [6.45, 7) is 5.82. The molecule has 1 aliphatic rings. The molecule has 0 aromatic heterocycles. The molecule has 0 saturated carbocycles. The molecule has 0 N–H and O–H groups in total. The molecule has 0 aromatic carbocycles. The number of rotatable bonds is 3. The molecule has 0 amide bonds. The Bertz CT molecular complexity index is 218. The topological polar surface area (TPSA) is 26.3 Å². The summed E-state index contributed by atoms with van der Waals surface area (Å²) < 4.78 is 5.47. The van der Waals surface area contributed by atoms with Crippen LogP contribution in [-0.2, 0) is 9.53 Å². The molecule has 1 heterocycles. The maximum absolute atomic E-state index is 11.4. The number of ketones is 1. The van der Waals surface area contributed by atoms with Gasteiger partial charge in [-0.15, -0.1) is 0 Å². The molecule has 0 fully saturated rings. The van der Waals surface area contributed by atoms with Crippen molar-refractivity contribution in [3.05, 3.63) is 11.8 Å². The lowest BCUT2D eigenvalue weighted by Crippen LogP contribution is -2.32. The van der Waals surface area contributed by atoms with Gasteiger partial charge in [0.1, 0.15) is 0 Å². The van der Waals surface area contributed by atoms with Gasteiger partial charge < -0.3 is 4.74 Å². The van der Waals surface area contributed by atoms with Crippen molar-refractivity contribution < 1.29 is 9.53 Å². The fourth-order valence-corrected chi connectivity index (χ4v) is 1.46. The lowest BCUT2D eigenvalue weighted by atomic mass is 9.95. The minimum Gasteiger partial charge on any atom is -0.484 e. The lowest BCUT2D eigenvalue weighted by molar-refractivity contribution is -0.129. The van der Waals surface area contributed by atoms with Gasteiger partial charge in [0.05, 0.1) is 5.76 Å². The van der Waals surface area contributed by atoms with Gasteiger partial charge in [0.15, 0.2) is 5.60 Å². The summed E-state index contributed by atoms with van der Waals surface area (Å²) in [6.07, 6.45) is 4.57. The quantitative estimate of drug-likeness (QED) is 0.647. The van der Waals surface area contributed by atoms with Crippen molar-refractivity contribution in [3.8, 4) is 0 Å². The summed E-state index contributed by atoms with van der Waals surface area (Å²) in [5.74, 6) is 0.868. The van der Waals surface area contributed by atoms with Crippen LogP contribution in [0, 0.1) is 0 Å². The van der Waals surface area contributed by atoms with Crippen LogP contribution in [0.3, 0.4) is 0 Å². The zero-order chi connectivity index (χ0) is 9.19. The van der Waals surface area contributed by atoms with E-state index in [4.69, 9.17) is 4.74 Å². The van der Waals surface area contributed by atoms with Crippen LogP contribution in [0.2, 0.25) is 0 Å². The molecule has 1 atom stereocenters. The first-order chi connectivity index (χ1) is 5.58. The zero-order valence-corrected chi connectivity index (χ0v) is 8.02. The van der Waals surface area contributed by atoms with Crippen molar-refractivity contribution in [1.82, 2.24) is 0 Å². The van der Waals surface area contributed by atoms with Crippen LogP contribution in [-0.4, -0.2) is 11.4 Å². The summed E-state index contributed by atoms with van der Waals surface area (Å²) in [4.78, 5) is 11.4. The second-order valence-corrected chi connectivity index (χ2v) is 3.56. The summed E-state index contributed by atoms with van der Waals surface area (Å²) in [6, 6.07) is 0. The number of allylic oxidation sites excluding steroid dienone is 1. The van der Waals surface area contributed by atoms with Crippen molar-refractivity contribution in [1.29, 1.82) is 0 Å². The van der Waals surface area contributed by atoms with Crippen LogP contribution in [0.15, 0.2) is 11.8 Å². The van der Waals surface area contributed by atoms with E-state index in [-0.39, 0.29) is 5.78 Å². The highest BCUT2D eigenvalue weighted by Crippen LogP contribution is 2.29. The van der Waals surface area contributed by atoms with Crippen LogP contribution in [0.5, 0.6) is 0 Å². The average molecular weight is 168 g/mol. The van der Waals surface area contributed by atoms with E-state index in [0.29, 0.717) is 0 Å². The Balaban J connectivity index is 2.57. The molecule has 0 bridgehead atoms. The molecule has 0 aromatic rings. The van der Waals surface area contributed by atoms with Crippen molar-refractivity contribution in [2.24, 2.45) is 0 Å². The Labute approximate surface area is 73.6 Å². The molecule has 0 aliphatic carbocycles. The average Bonchev–Trinajstić information content (AvgIpc) is 2.23. The van der Waals surface area contributed by atoms with Gasteiger partial charge in [-0.05, 0) is 26.7 Å². The first kappa shape index (κ1) is 9.30.